The van der Waals surface area contributed by atoms with Crippen molar-refractivity contribution in [1.29, 1.82) is 0 Å². The van der Waals surface area contributed by atoms with Crippen LogP contribution >= 0.6 is 11.6 Å². The molecular weight excluding hydrogens is 525 g/mol. The average molecular weight is 563 g/mol. The number of benzene rings is 2. The number of likely N-dealkylation sites (N-methyl/N-ethyl adjacent to an activating group) is 1. The molecule has 0 bridgehead atoms. The minimum Gasteiger partial charge on any atom is -0.390 e. The third-order valence-corrected chi connectivity index (χ3v) is 8.48. The highest BCUT2D eigenvalue weighted by Crippen LogP contribution is 2.33. The number of nitrogens with one attached hydrogen (secondary N) is 1. The number of hydrogen-bond acceptors (Lipinski definition) is 4. The Balaban J connectivity index is 1.99. The van der Waals surface area contributed by atoms with Gasteiger partial charge in [-0.2, -0.15) is 17.5 Å². The average Bonchev–Trinajstić information content (AvgIpc) is 2.82. The molecule has 0 amide bonds. The van der Waals surface area contributed by atoms with Gasteiger partial charge < -0.3 is 10.4 Å². The Kier molecular flexibility index (Phi) is 11.5. The molecule has 0 aliphatic rings. The van der Waals surface area contributed by atoms with Crippen molar-refractivity contribution in [1.82, 2.24) is 9.62 Å². The lowest BCUT2D eigenvalue weighted by Crippen LogP contribution is -2.46. The largest absolute Gasteiger partial charge is 0.416 e. The van der Waals surface area contributed by atoms with Crippen LogP contribution in [0.5, 0.6) is 0 Å². The molecule has 0 aliphatic carbocycles. The fraction of sp³-hybridized carbons (Fsp3) is 0.556. The minimum absolute atomic E-state index is 0.128. The normalized spacial score (nSPS) is 13.8. The highest BCUT2D eigenvalue weighted by molar-refractivity contribution is 7.89. The predicted octanol–water partition coefficient (Wildman–Crippen LogP) is 6.07. The van der Waals surface area contributed by atoms with Crippen LogP contribution in [-0.4, -0.2) is 49.6 Å². The number of unbranched alkanes of at least 4 members (excludes halogenated alkanes) is 1. The van der Waals surface area contributed by atoms with Gasteiger partial charge in [-0.15, -0.1) is 0 Å². The fourth-order valence-electron chi connectivity index (χ4n) is 4.04. The smallest absolute Gasteiger partial charge is 0.390 e. The number of rotatable bonds is 14. The van der Waals surface area contributed by atoms with Gasteiger partial charge in [0.05, 0.1) is 16.6 Å². The summed E-state index contributed by atoms with van der Waals surface area (Å²) in [6.45, 7) is 5.77. The van der Waals surface area contributed by atoms with Crippen molar-refractivity contribution in [3.8, 4) is 0 Å². The molecule has 0 spiro atoms. The summed E-state index contributed by atoms with van der Waals surface area (Å²) in [6.07, 6.45) is -1.47. The van der Waals surface area contributed by atoms with Gasteiger partial charge in [-0.05, 0) is 81.3 Å². The van der Waals surface area contributed by atoms with E-state index >= 15 is 0 Å². The molecule has 0 aliphatic heterocycles. The number of aliphatic hydroxyl groups excluding tert-OH is 1. The van der Waals surface area contributed by atoms with E-state index in [4.69, 9.17) is 11.6 Å². The topological polar surface area (TPSA) is 69.6 Å². The maximum absolute atomic E-state index is 13.4. The van der Waals surface area contributed by atoms with E-state index in [1.165, 1.54) is 13.1 Å². The Morgan fingerprint density at radius 1 is 1.08 bits per heavy atom. The lowest BCUT2D eigenvalue weighted by atomic mass is 9.95. The van der Waals surface area contributed by atoms with Gasteiger partial charge in [0.15, 0.2) is 0 Å². The van der Waals surface area contributed by atoms with Crippen molar-refractivity contribution < 1.29 is 26.7 Å². The molecule has 0 radical (unpaired) electrons. The molecule has 0 aromatic heterocycles. The number of nitrogens with zero attached hydrogens (tertiary/aromatic N) is 1. The van der Waals surface area contributed by atoms with Crippen molar-refractivity contribution in [3.05, 3.63) is 64.2 Å². The van der Waals surface area contributed by atoms with Crippen LogP contribution in [0.2, 0.25) is 5.02 Å². The van der Waals surface area contributed by atoms with Crippen LogP contribution in [0.3, 0.4) is 0 Å². The Labute approximate surface area is 224 Å². The SMILES string of the molecule is CCCCc1cc(C(F)(F)F)cc(S(=O)(=O)N(C)C[C@H](O)CNC(C)(C)CCCc2ccccc2Cl)c1. The van der Waals surface area contributed by atoms with Crippen molar-refractivity contribution in [2.24, 2.45) is 0 Å². The third kappa shape index (κ3) is 9.87. The molecule has 0 heterocycles. The second kappa shape index (κ2) is 13.4. The van der Waals surface area contributed by atoms with Gasteiger partial charge >= 0.3 is 6.18 Å². The van der Waals surface area contributed by atoms with Gasteiger partial charge in [0.1, 0.15) is 0 Å². The number of β-amino-alcohol motifs (C(OH)–C–C–N with tert-alkyl or cyclic N) is 1. The van der Waals surface area contributed by atoms with Gasteiger partial charge in [0, 0.05) is 30.7 Å². The molecule has 0 fully saturated rings. The molecule has 10 heteroatoms. The highest BCUT2D eigenvalue weighted by Gasteiger charge is 2.33. The lowest BCUT2D eigenvalue weighted by Gasteiger charge is -2.29. The molecule has 5 nitrogen and oxygen atoms in total. The first kappa shape index (κ1) is 31.6. The molecule has 0 saturated heterocycles. The number of aliphatic hydroxyl groups is 1. The first-order chi connectivity index (χ1) is 17.2. The first-order valence-corrected chi connectivity index (χ1v) is 14.3. The third-order valence-electron chi connectivity index (χ3n) is 6.31. The summed E-state index contributed by atoms with van der Waals surface area (Å²) < 4.78 is 67.4. The van der Waals surface area contributed by atoms with Gasteiger partial charge in [0.2, 0.25) is 10.0 Å². The minimum atomic E-state index is -4.66. The molecule has 1 atom stereocenters. The number of alkyl halides is 3. The summed E-state index contributed by atoms with van der Waals surface area (Å²) in [6, 6.07) is 10.6. The van der Waals surface area contributed by atoms with E-state index < -0.39 is 32.8 Å². The van der Waals surface area contributed by atoms with Gasteiger partial charge in [-0.3, -0.25) is 0 Å². The lowest BCUT2D eigenvalue weighted by molar-refractivity contribution is -0.137. The number of aryl methyl sites for hydroxylation is 2. The van der Waals surface area contributed by atoms with Crippen LogP contribution in [0.1, 0.15) is 63.1 Å². The molecule has 37 heavy (non-hydrogen) atoms. The van der Waals surface area contributed by atoms with Crippen LogP contribution in [0, 0.1) is 0 Å². The van der Waals surface area contributed by atoms with Gasteiger partial charge in [-0.1, -0.05) is 43.1 Å². The predicted molar refractivity (Wildman–Crippen MR) is 142 cm³/mol. The summed E-state index contributed by atoms with van der Waals surface area (Å²) in [5, 5.41) is 14.5. The van der Waals surface area contributed by atoms with E-state index in [0.29, 0.717) is 24.5 Å². The van der Waals surface area contributed by atoms with E-state index in [1.807, 2.05) is 45.0 Å². The van der Waals surface area contributed by atoms with Crippen LogP contribution in [-0.2, 0) is 29.0 Å². The summed E-state index contributed by atoms with van der Waals surface area (Å²) >= 11 is 6.21. The van der Waals surface area contributed by atoms with E-state index in [1.54, 1.807) is 0 Å². The van der Waals surface area contributed by atoms with E-state index in [2.05, 4.69) is 5.32 Å². The Hall–Kier alpha value is -1.65. The molecule has 2 aromatic rings. The van der Waals surface area contributed by atoms with Crippen LogP contribution in [0.4, 0.5) is 13.2 Å². The summed E-state index contributed by atoms with van der Waals surface area (Å²) in [5.74, 6) is 0. The molecule has 2 rings (SSSR count). The molecule has 2 N–H and O–H groups in total. The quantitative estimate of drug-likeness (QED) is 0.293. The Bertz CT molecular complexity index is 1120. The zero-order valence-electron chi connectivity index (χ0n) is 21.9. The molecule has 0 unspecified atom stereocenters. The Morgan fingerprint density at radius 2 is 1.76 bits per heavy atom. The highest BCUT2D eigenvalue weighted by atomic mass is 35.5. The van der Waals surface area contributed by atoms with Crippen LogP contribution < -0.4 is 5.32 Å². The summed E-state index contributed by atoms with van der Waals surface area (Å²) in [5.41, 5.74) is 0.0760. The second-order valence-electron chi connectivity index (χ2n) is 10.1. The zero-order chi connectivity index (χ0) is 27.9. The second-order valence-corrected chi connectivity index (χ2v) is 12.6. The monoisotopic (exact) mass is 562 g/mol. The Morgan fingerprint density at radius 3 is 2.38 bits per heavy atom. The van der Waals surface area contributed by atoms with Crippen molar-refractivity contribution >= 4 is 21.6 Å². The van der Waals surface area contributed by atoms with Gasteiger partial charge in [0.25, 0.3) is 0 Å². The van der Waals surface area contributed by atoms with Gasteiger partial charge in [-0.25, -0.2) is 8.42 Å². The van der Waals surface area contributed by atoms with E-state index in [0.717, 1.165) is 46.6 Å². The van der Waals surface area contributed by atoms with Crippen molar-refractivity contribution in [3.63, 3.8) is 0 Å². The fourth-order valence-corrected chi connectivity index (χ4v) is 5.58. The number of hydrogen-bond donors (Lipinski definition) is 2. The standard InChI is InChI=1S/C27H38ClF3N2O3S/c1-5-6-10-20-15-22(27(29,30)31)17-24(16-20)37(35,36)33(4)19-23(34)18-32-26(2,3)14-9-12-21-11-7-8-13-25(21)28/h7-8,11,13,15-17,23,32,34H,5-6,9-10,12,14,18-19H2,1-4H3/t23-/m1/s1. The number of halogens is 4. The summed E-state index contributed by atoms with van der Waals surface area (Å²) in [4.78, 5) is -0.420. The van der Waals surface area contributed by atoms with Crippen LogP contribution in [0.15, 0.2) is 47.4 Å². The van der Waals surface area contributed by atoms with Crippen molar-refractivity contribution in [2.75, 3.05) is 20.1 Å². The number of sulfonamides is 1. The first-order valence-electron chi connectivity index (χ1n) is 12.5. The maximum atomic E-state index is 13.4. The molecular formula is C27H38ClF3N2O3S. The van der Waals surface area contributed by atoms with E-state index in [-0.39, 0.29) is 18.6 Å². The molecule has 2 aromatic carbocycles. The maximum Gasteiger partial charge on any atom is 0.416 e. The zero-order valence-corrected chi connectivity index (χ0v) is 23.5. The van der Waals surface area contributed by atoms with Crippen molar-refractivity contribution in [2.45, 2.75) is 82.0 Å². The molecule has 208 valence electrons. The van der Waals surface area contributed by atoms with E-state index in [9.17, 15) is 26.7 Å². The summed E-state index contributed by atoms with van der Waals surface area (Å²) in [7, 11) is -2.97. The van der Waals surface area contributed by atoms with Crippen LogP contribution in [0.25, 0.3) is 0 Å². The molecule has 0 saturated carbocycles.